The number of halogens is 1. The van der Waals surface area contributed by atoms with Crippen molar-refractivity contribution in [1.29, 1.82) is 0 Å². The van der Waals surface area contributed by atoms with Crippen molar-refractivity contribution in [2.24, 2.45) is 11.1 Å². The van der Waals surface area contributed by atoms with Crippen molar-refractivity contribution in [1.82, 2.24) is 0 Å². The van der Waals surface area contributed by atoms with Gasteiger partial charge in [0.1, 0.15) is 5.75 Å². The van der Waals surface area contributed by atoms with Crippen molar-refractivity contribution in [2.75, 3.05) is 20.3 Å². The van der Waals surface area contributed by atoms with E-state index in [4.69, 9.17) is 10.5 Å². The number of hydrogen-bond donors (Lipinski definition) is 2. The third-order valence-electron chi connectivity index (χ3n) is 2.72. The first-order chi connectivity index (χ1) is 7.54. The third kappa shape index (κ3) is 3.20. The fourth-order valence-corrected chi connectivity index (χ4v) is 2.09. The Balaban J connectivity index is 2.86. The summed E-state index contributed by atoms with van der Waals surface area (Å²) in [6, 6.07) is 5.91. The molecule has 1 unspecified atom stereocenters. The summed E-state index contributed by atoms with van der Waals surface area (Å²) in [5.41, 5.74) is 6.54. The lowest BCUT2D eigenvalue weighted by atomic mass is 9.84. The van der Waals surface area contributed by atoms with Crippen molar-refractivity contribution in [3.05, 3.63) is 28.2 Å². The minimum atomic E-state index is -0.256. The highest BCUT2D eigenvalue weighted by atomic mass is 79.9. The number of benzene rings is 1. The van der Waals surface area contributed by atoms with E-state index in [1.54, 1.807) is 7.11 Å². The minimum absolute atomic E-state index is 0.0904. The smallest absolute Gasteiger partial charge is 0.133 e. The van der Waals surface area contributed by atoms with Crippen LogP contribution in [0.25, 0.3) is 0 Å². The van der Waals surface area contributed by atoms with Crippen LogP contribution in [0.5, 0.6) is 5.75 Å². The molecule has 0 aliphatic rings. The Morgan fingerprint density at radius 2 is 2.19 bits per heavy atom. The normalized spacial score (nSPS) is 14.6. The van der Waals surface area contributed by atoms with Crippen molar-refractivity contribution in [2.45, 2.75) is 13.3 Å². The first-order valence-corrected chi connectivity index (χ1v) is 5.97. The van der Waals surface area contributed by atoms with Gasteiger partial charge in [0.15, 0.2) is 0 Å². The molecule has 0 radical (unpaired) electrons. The average Bonchev–Trinajstić information content (AvgIpc) is 2.29. The predicted octanol–water partition coefficient (Wildman–Crippen LogP) is 1.96. The number of ether oxygens (including phenoxy) is 1. The number of hydrogen-bond acceptors (Lipinski definition) is 3. The second-order valence-corrected chi connectivity index (χ2v) is 5.17. The minimum Gasteiger partial charge on any atom is -0.496 e. The van der Waals surface area contributed by atoms with E-state index in [0.717, 1.165) is 22.2 Å². The van der Waals surface area contributed by atoms with E-state index in [1.165, 1.54) is 0 Å². The topological polar surface area (TPSA) is 55.5 Å². The van der Waals surface area contributed by atoms with Gasteiger partial charge in [0.05, 0.1) is 11.6 Å². The Morgan fingerprint density at radius 3 is 2.62 bits per heavy atom. The molecule has 1 aromatic rings. The van der Waals surface area contributed by atoms with Gasteiger partial charge >= 0.3 is 0 Å². The molecule has 1 aromatic carbocycles. The van der Waals surface area contributed by atoms with Gasteiger partial charge in [0.25, 0.3) is 0 Å². The van der Waals surface area contributed by atoms with E-state index in [9.17, 15) is 5.11 Å². The summed E-state index contributed by atoms with van der Waals surface area (Å²) >= 11 is 3.44. The molecule has 0 spiro atoms. The molecule has 0 aliphatic heterocycles. The molecule has 3 nitrogen and oxygen atoms in total. The Morgan fingerprint density at radius 1 is 1.50 bits per heavy atom. The lowest BCUT2D eigenvalue weighted by Crippen LogP contribution is -2.33. The van der Waals surface area contributed by atoms with Crippen LogP contribution in [0, 0.1) is 5.41 Å². The molecule has 4 heteroatoms. The molecule has 0 fully saturated rings. The maximum absolute atomic E-state index is 9.30. The molecule has 0 heterocycles. The Kier molecular flexibility index (Phi) is 4.77. The van der Waals surface area contributed by atoms with Crippen LogP contribution in [0.4, 0.5) is 0 Å². The molecule has 0 bridgehead atoms. The van der Waals surface area contributed by atoms with Crippen LogP contribution < -0.4 is 10.5 Å². The quantitative estimate of drug-likeness (QED) is 0.871. The SMILES string of the molecule is COc1ccc(CC(C)(CN)CO)cc1Br. The third-order valence-corrected chi connectivity index (χ3v) is 3.34. The number of rotatable bonds is 5. The van der Waals surface area contributed by atoms with Gasteiger partial charge < -0.3 is 15.6 Å². The van der Waals surface area contributed by atoms with E-state index < -0.39 is 0 Å². The lowest BCUT2D eigenvalue weighted by Gasteiger charge is -2.25. The highest BCUT2D eigenvalue weighted by Gasteiger charge is 2.22. The van der Waals surface area contributed by atoms with Crippen molar-refractivity contribution < 1.29 is 9.84 Å². The highest BCUT2D eigenvalue weighted by molar-refractivity contribution is 9.10. The molecule has 1 atom stereocenters. The number of nitrogens with two attached hydrogens (primary N) is 1. The zero-order valence-electron chi connectivity index (χ0n) is 9.66. The summed E-state index contributed by atoms with van der Waals surface area (Å²) < 4.78 is 6.08. The number of aliphatic hydroxyl groups excluding tert-OH is 1. The van der Waals surface area contributed by atoms with E-state index in [2.05, 4.69) is 15.9 Å². The molecule has 3 N–H and O–H groups in total. The molecular weight excluding hydrogens is 270 g/mol. The summed E-state index contributed by atoms with van der Waals surface area (Å²) in [7, 11) is 1.64. The van der Waals surface area contributed by atoms with Gasteiger partial charge in [0, 0.05) is 18.6 Å². The number of aliphatic hydroxyl groups is 1. The van der Waals surface area contributed by atoms with Crippen molar-refractivity contribution >= 4 is 15.9 Å². The van der Waals surface area contributed by atoms with Gasteiger partial charge in [-0.15, -0.1) is 0 Å². The van der Waals surface area contributed by atoms with Crippen LogP contribution in [-0.4, -0.2) is 25.4 Å². The van der Waals surface area contributed by atoms with E-state index in [1.807, 2.05) is 25.1 Å². The van der Waals surface area contributed by atoms with Gasteiger partial charge in [-0.25, -0.2) is 0 Å². The predicted molar refractivity (Wildman–Crippen MR) is 68.6 cm³/mol. The van der Waals surface area contributed by atoms with Crippen LogP contribution in [0.3, 0.4) is 0 Å². The first-order valence-electron chi connectivity index (χ1n) is 5.18. The first kappa shape index (κ1) is 13.5. The molecule has 0 amide bonds. The van der Waals surface area contributed by atoms with Crippen molar-refractivity contribution in [3.8, 4) is 5.75 Å². The highest BCUT2D eigenvalue weighted by Crippen LogP contribution is 2.28. The fourth-order valence-electron chi connectivity index (χ4n) is 1.51. The summed E-state index contributed by atoms with van der Waals surface area (Å²) in [5, 5.41) is 9.30. The largest absolute Gasteiger partial charge is 0.496 e. The molecule has 90 valence electrons. The van der Waals surface area contributed by atoms with Gasteiger partial charge in [0.2, 0.25) is 0 Å². The molecule has 0 aromatic heterocycles. The lowest BCUT2D eigenvalue weighted by molar-refractivity contribution is 0.149. The second-order valence-electron chi connectivity index (χ2n) is 4.32. The average molecular weight is 288 g/mol. The van der Waals surface area contributed by atoms with E-state index in [-0.39, 0.29) is 12.0 Å². The Hall–Kier alpha value is -0.580. The van der Waals surface area contributed by atoms with Crippen LogP contribution in [0.2, 0.25) is 0 Å². The summed E-state index contributed by atoms with van der Waals surface area (Å²) in [5.74, 6) is 0.808. The Bertz CT molecular complexity index is 351. The van der Waals surface area contributed by atoms with Gasteiger partial charge in [-0.3, -0.25) is 0 Å². The van der Waals surface area contributed by atoms with E-state index in [0.29, 0.717) is 6.54 Å². The monoisotopic (exact) mass is 287 g/mol. The molecule has 16 heavy (non-hydrogen) atoms. The summed E-state index contributed by atoms with van der Waals surface area (Å²) in [6.07, 6.45) is 0.753. The maximum atomic E-state index is 9.30. The number of methoxy groups -OCH3 is 1. The Labute approximate surface area is 105 Å². The van der Waals surface area contributed by atoms with Crippen LogP contribution in [-0.2, 0) is 6.42 Å². The van der Waals surface area contributed by atoms with Crippen LogP contribution in [0.15, 0.2) is 22.7 Å². The van der Waals surface area contributed by atoms with Crippen LogP contribution in [0.1, 0.15) is 12.5 Å². The van der Waals surface area contributed by atoms with Gasteiger partial charge in [-0.05, 0) is 40.0 Å². The van der Waals surface area contributed by atoms with Gasteiger partial charge in [-0.2, -0.15) is 0 Å². The molecular formula is C12H18BrNO2. The maximum Gasteiger partial charge on any atom is 0.133 e. The zero-order valence-corrected chi connectivity index (χ0v) is 11.3. The zero-order chi connectivity index (χ0) is 12.2. The standard InChI is InChI=1S/C12H18BrNO2/c1-12(7-14,8-15)6-9-3-4-11(16-2)10(13)5-9/h3-5,15H,6-8,14H2,1-2H3. The van der Waals surface area contributed by atoms with Gasteiger partial charge in [-0.1, -0.05) is 13.0 Å². The summed E-state index contributed by atoms with van der Waals surface area (Å²) in [4.78, 5) is 0. The van der Waals surface area contributed by atoms with E-state index >= 15 is 0 Å². The van der Waals surface area contributed by atoms with Crippen molar-refractivity contribution in [3.63, 3.8) is 0 Å². The fraction of sp³-hybridized carbons (Fsp3) is 0.500. The molecule has 0 saturated carbocycles. The molecule has 1 rings (SSSR count). The summed E-state index contributed by atoms with van der Waals surface area (Å²) in [6.45, 7) is 2.53. The molecule has 0 aliphatic carbocycles. The second kappa shape index (κ2) is 5.66. The van der Waals surface area contributed by atoms with Crippen LogP contribution >= 0.6 is 15.9 Å². The molecule has 0 saturated heterocycles.